The van der Waals surface area contributed by atoms with Crippen LogP contribution in [0.4, 0.5) is 17.2 Å². The van der Waals surface area contributed by atoms with Crippen molar-refractivity contribution in [2.24, 2.45) is 0 Å². The van der Waals surface area contributed by atoms with Crippen LogP contribution in [0.5, 0.6) is 0 Å². The van der Waals surface area contributed by atoms with Crippen molar-refractivity contribution in [3.05, 3.63) is 82.5 Å². The summed E-state index contributed by atoms with van der Waals surface area (Å²) in [7, 11) is 0. The maximum Gasteiger partial charge on any atom is 0.256 e. The number of pyridine rings is 1. The summed E-state index contributed by atoms with van der Waals surface area (Å²) in [5.41, 5.74) is 3.55. The molecule has 0 fully saturated rings. The van der Waals surface area contributed by atoms with Crippen LogP contribution < -0.4 is 10.6 Å². The standard InChI is InChI=1S/C19H16BrN3O/c1-13-2-4-14(5-3-13)19(24)23-18-11-10-17(12-21-18)22-16-8-6-15(20)7-9-16/h2-12,22H,1H3,(H,21,23,24). The van der Waals surface area contributed by atoms with Crippen LogP contribution in [0.15, 0.2) is 71.3 Å². The van der Waals surface area contributed by atoms with Gasteiger partial charge in [-0.25, -0.2) is 4.98 Å². The van der Waals surface area contributed by atoms with Gasteiger partial charge in [-0.3, -0.25) is 4.79 Å². The lowest BCUT2D eigenvalue weighted by atomic mass is 10.1. The number of aromatic nitrogens is 1. The van der Waals surface area contributed by atoms with Crippen molar-refractivity contribution in [2.75, 3.05) is 10.6 Å². The van der Waals surface area contributed by atoms with Crippen LogP contribution in [0.2, 0.25) is 0 Å². The molecule has 0 spiro atoms. The Labute approximate surface area is 149 Å². The minimum atomic E-state index is -0.170. The summed E-state index contributed by atoms with van der Waals surface area (Å²) in [6, 6.07) is 18.9. The van der Waals surface area contributed by atoms with E-state index in [9.17, 15) is 4.79 Å². The van der Waals surface area contributed by atoms with Crippen LogP contribution in [0.25, 0.3) is 0 Å². The lowest BCUT2D eigenvalue weighted by molar-refractivity contribution is 0.102. The number of hydrogen-bond acceptors (Lipinski definition) is 3. The van der Waals surface area contributed by atoms with Gasteiger partial charge in [0.15, 0.2) is 0 Å². The Bertz CT molecular complexity index is 828. The number of hydrogen-bond donors (Lipinski definition) is 2. The number of aryl methyl sites for hydroxylation is 1. The molecule has 24 heavy (non-hydrogen) atoms. The van der Waals surface area contributed by atoms with E-state index in [4.69, 9.17) is 0 Å². The van der Waals surface area contributed by atoms with Crippen molar-refractivity contribution in [1.29, 1.82) is 0 Å². The summed E-state index contributed by atoms with van der Waals surface area (Å²) in [6.07, 6.45) is 1.69. The van der Waals surface area contributed by atoms with E-state index in [1.165, 1.54) is 0 Å². The second-order valence-electron chi connectivity index (χ2n) is 5.38. The lowest BCUT2D eigenvalue weighted by Gasteiger charge is -2.08. The number of benzene rings is 2. The summed E-state index contributed by atoms with van der Waals surface area (Å²) < 4.78 is 1.03. The third kappa shape index (κ3) is 4.20. The third-order valence-corrected chi connectivity index (χ3v) is 3.98. The Kier molecular flexibility index (Phi) is 4.91. The number of anilines is 3. The number of amides is 1. The van der Waals surface area contributed by atoms with Gasteiger partial charge < -0.3 is 10.6 Å². The third-order valence-electron chi connectivity index (χ3n) is 3.45. The fourth-order valence-corrected chi connectivity index (χ4v) is 2.40. The largest absolute Gasteiger partial charge is 0.354 e. The van der Waals surface area contributed by atoms with E-state index in [2.05, 4.69) is 31.5 Å². The Balaban J connectivity index is 1.64. The summed E-state index contributed by atoms with van der Waals surface area (Å²) in [5, 5.41) is 6.05. The summed E-state index contributed by atoms with van der Waals surface area (Å²) in [6.45, 7) is 1.99. The molecular weight excluding hydrogens is 366 g/mol. The highest BCUT2D eigenvalue weighted by Crippen LogP contribution is 2.19. The molecule has 1 amide bonds. The molecule has 0 saturated carbocycles. The molecular formula is C19H16BrN3O. The van der Waals surface area contributed by atoms with Crippen LogP contribution in [0.1, 0.15) is 15.9 Å². The highest BCUT2D eigenvalue weighted by molar-refractivity contribution is 9.10. The zero-order chi connectivity index (χ0) is 16.9. The quantitative estimate of drug-likeness (QED) is 0.656. The average Bonchev–Trinajstić information content (AvgIpc) is 2.59. The first kappa shape index (κ1) is 16.2. The number of carbonyl (C=O) groups is 1. The fourth-order valence-electron chi connectivity index (χ4n) is 2.14. The van der Waals surface area contributed by atoms with Gasteiger partial charge in [-0.05, 0) is 55.5 Å². The normalized spacial score (nSPS) is 10.2. The number of rotatable bonds is 4. The Morgan fingerprint density at radius 1 is 0.917 bits per heavy atom. The number of nitrogens with zero attached hydrogens (tertiary/aromatic N) is 1. The van der Waals surface area contributed by atoms with Gasteiger partial charge in [0.25, 0.3) is 5.91 Å². The van der Waals surface area contributed by atoms with Gasteiger partial charge in [-0.15, -0.1) is 0 Å². The van der Waals surface area contributed by atoms with E-state index in [0.29, 0.717) is 11.4 Å². The minimum absolute atomic E-state index is 0.170. The van der Waals surface area contributed by atoms with Gasteiger partial charge >= 0.3 is 0 Å². The molecule has 0 aliphatic rings. The van der Waals surface area contributed by atoms with Crippen molar-refractivity contribution in [3.63, 3.8) is 0 Å². The van der Waals surface area contributed by atoms with Crippen molar-refractivity contribution in [3.8, 4) is 0 Å². The van der Waals surface area contributed by atoms with Crippen LogP contribution in [-0.2, 0) is 0 Å². The molecule has 3 aromatic rings. The topological polar surface area (TPSA) is 54.0 Å². The minimum Gasteiger partial charge on any atom is -0.354 e. The summed E-state index contributed by atoms with van der Waals surface area (Å²) >= 11 is 3.41. The van der Waals surface area contributed by atoms with Crippen LogP contribution in [-0.4, -0.2) is 10.9 Å². The molecule has 0 aliphatic carbocycles. The monoisotopic (exact) mass is 381 g/mol. The average molecular weight is 382 g/mol. The van der Waals surface area contributed by atoms with Crippen LogP contribution >= 0.6 is 15.9 Å². The van der Waals surface area contributed by atoms with Gasteiger partial charge in [-0.2, -0.15) is 0 Å². The molecule has 5 heteroatoms. The predicted molar refractivity (Wildman–Crippen MR) is 101 cm³/mol. The first-order chi connectivity index (χ1) is 11.6. The maximum atomic E-state index is 12.2. The molecule has 2 aromatic carbocycles. The second-order valence-corrected chi connectivity index (χ2v) is 6.30. The smallest absolute Gasteiger partial charge is 0.256 e. The maximum absolute atomic E-state index is 12.2. The second kappa shape index (κ2) is 7.27. The van der Waals surface area contributed by atoms with Gasteiger partial charge in [0, 0.05) is 15.7 Å². The first-order valence-corrected chi connectivity index (χ1v) is 8.26. The zero-order valence-corrected chi connectivity index (χ0v) is 14.7. The van der Waals surface area contributed by atoms with Gasteiger partial charge in [-0.1, -0.05) is 33.6 Å². The van der Waals surface area contributed by atoms with E-state index in [0.717, 1.165) is 21.4 Å². The Morgan fingerprint density at radius 3 is 2.21 bits per heavy atom. The van der Waals surface area contributed by atoms with Crippen molar-refractivity contribution in [2.45, 2.75) is 6.92 Å². The number of nitrogens with one attached hydrogen (secondary N) is 2. The van der Waals surface area contributed by atoms with E-state index >= 15 is 0 Å². The van der Waals surface area contributed by atoms with Crippen LogP contribution in [0.3, 0.4) is 0 Å². The highest BCUT2D eigenvalue weighted by Gasteiger charge is 2.06. The molecule has 0 saturated heterocycles. The first-order valence-electron chi connectivity index (χ1n) is 7.47. The van der Waals surface area contributed by atoms with Crippen molar-refractivity contribution < 1.29 is 4.79 Å². The van der Waals surface area contributed by atoms with E-state index < -0.39 is 0 Å². The molecule has 0 aliphatic heterocycles. The number of carbonyl (C=O) groups excluding carboxylic acids is 1. The number of halogens is 1. The molecule has 0 radical (unpaired) electrons. The predicted octanol–water partition coefficient (Wildman–Crippen LogP) is 5.15. The van der Waals surface area contributed by atoms with E-state index in [1.807, 2.05) is 49.4 Å². The Morgan fingerprint density at radius 2 is 1.58 bits per heavy atom. The molecule has 4 nitrogen and oxygen atoms in total. The SMILES string of the molecule is Cc1ccc(C(=O)Nc2ccc(Nc3ccc(Br)cc3)cn2)cc1. The van der Waals surface area contributed by atoms with E-state index in [1.54, 1.807) is 24.4 Å². The fraction of sp³-hybridized carbons (Fsp3) is 0.0526. The molecule has 0 unspecified atom stereocenters. The molecule has 1 heterocycles. The van der Waals surface area contributed by atoms with Crippen LogP contribution in [0, 0.1) is 6.92 Å². The molecule has 1 aromatic heterocycles. The molecule has 2 N–H and O–H groups in total. The molecule has 120 valence electrons. The van der Waals surface area contributed by atoms with Gasteiger partial charge in [0.1, 0.15) is 5.82 Å². The van der Waals surface area contributed by atoms with E-state index in [-0.39, 0.29) is 5.91 Å². The molecule has 3 rings (SSSR count). The van der Waals surface area contributed by atoms with Gasteiger partial charge in [0.05, 0.1) is 11.9 Å². The molecule has 0 atom stereocenters. The van der Waals surface area contributed by atoms with Crippen molar-refractivity contribution >= 4 is 39.0 Å². The van der Waals surface area contributed by atoms with Gasteiger partial charge in [0.2, 0.25) is 0 Å². The Hall–Kier alpha value is -2.66. The zero-order valence-electron chi connectivity index (χ0n) is 13.1. The highest BCUT2D eigenvalue weighted by atomic mass is 79.9. The summed E-state index contributed by atoms with van der Waals surface area (Å²) in [4.78, 5) is 16.4. The lowest BCUT2D eigenvalue weighted by Crippen LogP contribution is -2.12. The summed E-state index contributed by atoms with van der Waals surface area (Å²) in [5.74, 6) is 0.345. The van der Waals surface area contributed by atoms with Crippen molar-refractivity contribution in [1.82, 2.24) is 4.98 Å². The molecule has 0 bridgehead atoms.